The highest BCUT2D eigenvalue weighted by molar-refractivity contribution is 6.31. The Bertz CT molecular complexity index is 1470. The quantitative estimate of drug-likeness (QED) is 0.264. The average molecular weight is 534 g/mol. The topological polar surface area (TPSA) is 130 Å². The lowest BCUT2D eigenvalue weighted by Crippen LogP contribution is -2.11. The summed E-state index contributed by atoms with van der Waals surface area (Å²) in [6, 6.07) is 7.01. The standard InChI is InChI=1S/C23H19ClF3N7O3/c1-11-4-18(23(25,26)27)33-34(11)19-17(12-5-16(21(35)37-3)20(36-2)29-9-12)10-30-22(32-19)31-15-7-13(24)6-14(28)8-15/h4-10H,28H2,1-3H3,(H,30,31,32). The van der Waals surface area contributed by atoms with Crippen LogP contribution in [0.2, 0.25) is 5.02 Å². The molecule has 4 aromatic rings. The molecule has 4 rings (SSSR count). The van der Waals surface area contributed by atoms with E-state index in [-0.39, 0.29) is 34.5 Å². The number of aryl methyl sites for hydroxylation is 1. The van der Waals surface area contributed by atoms with Gasteiger partial charge in [-0.3, -0.25) is 0 Å². The molecule has 192 valence electrons. The molecule has 0 amide bonds. The highest BCUT2D eigenvalue weighted by Crippen LogP contribution is 2.33. The van der Waals surface area contributed by atoms with Crippen LogP contribution >= 0.6 is 11.6 Å². The zero-order valence-corrected chi connectivity index (χ0v) is 20.3. The highest BCUT2D eigenvalue weighted by atomic mass is 35.5. The first-order chi connectivity index (χ1) is 17.5. The molecule has 0 fully saturated rings. The van der Waals surface area contributed by atoms with Crippen LogP contribution in [0.3, 0.4) is 0 Å². The molecular weight excluding hydrogens is 515 g/mol. The van der Waals surface area contributed by atoms with Gasteiger partial charge in [0.15, 0.2) is 11.5 Å². The lowest BCUT2D eigenvalue weighted by molar-refractivity contribution is -0.141. The van der Waals surface area contributed by atoms with Crippen molar-refractivity contribution in [1.82, 2.24) is 24.7 Å². The van der Waals surface area contributed by atoms with E-state index in [0.717, 1.165) is 10.7 Å². The van der Waals surface area contributed by atoms with Crippen LogP contribution in [-0.4, -0.2) is 44.9 Å². The van der Waals surface area contributed by atoms with E-state index in [9.17, 15) is 18.0 Å². The number of rotatable bonds is 6. The lowest BCUT2D eigenvalue weighted by atomic mass is 10.1. The first-order valence-electron chi connectivity index (χ1n) is 10.5. The molecule has 10 nitrogen and oxygen atoms in total. The molecule has 0 aliphatic rings. The Morgan fingerprint density at radius 2 is 1.86 bits per heavy atom. The van der Waals surface area contributed by atoms with Crippen LogP contribution in [0.25, 0.3) is 16.9 Å². The molecule has 3 N–H and O–H groups in total. The zero-order valence-electron chi connectivity index (χ0n) is 19.6. The van der Waals surface area contributed by atoms with Crippen molar-refractivity contribution < 1.29 is 27.4 Å². The number of esters is 1. The van der Waals surface area contributed by atoms with E-state index in [1.165, 1.54) is 39.6 Å². The Labute approximate surface area is 213 Å². The molecular formula is C23H19ClF3N7O3. The third-order valence-corrected chi connectivity index (χ3v) is 5.30. The van der Waals surface area contributed by atoms with Gasteiger partial charge in [0.2, 0.25) is 11.8 Å². The number of anilines is 3. The van der Waals surface area contributed by atoms with Gasteiger partial charge in [-0.05, 0) is 37.3 Å². The van der Waals surface area contributed by atoms with Crippen molar-refractivity contribution in [3.63, 3.8) is 0 Å². The van der Waals surface area contributed by atoms with Crippen molar-refractivity contribution in [3.8, 4) is 22.8 Å². The van der Waals surface area contributed by atoms with Gasteiger partial charge in [0.25, 0.3) is 0 Å². The predicted octanol–water partition coefficient (Wildman–Crippen LogP) is 4.83. The number of nitrogens with one attached hydrogen (secondary N) is 1. The normalized spacial score (nSPS) is 11.3. The Morgan fingerprint density at radius 3 is 2.49 bits per heavy atom. The SMILES string of the molecule is COC(=O)c1cc(-c2cnc(Nc3cc(N)cc(Cl)c3)nc2-n2nc(C(F)(F)F)cc2C)cnc1OC. The summed E-state index contributed by atoms with van der Waals surface area (Å²) in [7, 11) is 2.52. The van der Waals surface area contributed by atoms with Gasteiger partial charge in [0.1, 0.15) is 5.56 Å². The van der Waals surface area contributed by atoms with Crippen molar-refractivity contribution in [3.05, 3.63) is 64.7 Å². The van der Waals surface area contributed by atoms with Crippen LogP contribution in [0.5, 0.6) is 5.88 Å². The minimum Gasteiger partial charge on any atom is -0.480 e. The first-order valence-corrected chi connectivity index (χ1v) is 10.8. The van der Waals surface area contributed by atoms with Gasteiger partial charge in [0.05, 0.1) is 14.2 Å². The zero-order chi connectivity index (χ0) is 26.9. The van der Waals surface area contributed by atoms with Crippen molar-refractivity contribution in [2.24, 2.45) is 0 Å². The van der Waals surface area contributed by atoms with E-state index < -0.39 is 17.8 Å². The van der Waals surface area contributed by atoms with Gasteiger partial charge in [-0.1, -0.05) is 11.6 Å². The fourth-order valence-corrected chi connectivity index (χ4v) is 3.70. The number of nitrogens with two attached hydrogens (primary N) is 1. The minimum absolute atomic E-state index is 0.00165. The Kier molecular flexibility index (Phi) is 6.90. The summed E-state index contributed by atoms with van der Waals surface area (Å²) in [5.74, 6) is -0.702. The molecule has 0 radical (unpaired) electrons. The van der Waals surface area contributed by atoms with Crippen LogP contribution < -0.4 is 15.8 Å². The van der Waals surface area contributed by atoms with E-state index in [0.29, 0.717) is 22.0 Å². The van der Waals surface area contributed by atoms with Crippen LogP contribution in [0.4, 0.5) is 30.5 Å². The highest BCUT2D eigenvalue weighted by Gasteiger charge is 2.35. The number of pyridine rings is 1. The summed E-state index contributed by atoms with van der Waals surface area (Å²) >= 11 is 6.06. The number of ether oxygens (including phenoxy) is 2. The van der Waals surface area contributed by atoms with E-state index >= 15 is 0 Å². The number of nitrogens with zero attached hydrogens (tertiary/aromatic N) is 5. The average Bonchev–Trinajstić information content (AvgIpc) is 3.24. The smallest absolute Gasteiger partial charge is 0.435 e. The molecule has 14 heteroatoms. The maximum absolute atomic E-state index is 13.4. The summed E-state index contributed by atoms with van der Waals surface area (Å²) < 4.78 is 51.2. The number of aromatic nitrogens is 5. The molecule has 0 atom stereocenters. The Hall–Kier alpha value is -4.39. The number of halogens is 4. The van der Waals surface area contributed by atoms with Crippen molar-refractivity contribution in [1.29, 1.82) is 0 Å². The van der Waals surface area contributed by atoms with E-state index in [1.807, 2.05) is 0 Å². The molecule has 0 spiro atoms. The molecule has 3 heterocycles. The van der Waals surface area contributed by atoms with E-state index in [2.05, 4.69) is 25.4 Å². The summed E-state index contributed by atoms with van der Waals surface area (Å²) in [4.78, 5) is 25.1. The van der Waals surface area contributed by atoms with Crippen LogP contribution in [0, 0.1) is 6.92 Å². The van der Waals surface area contributed by atoms with Crippen LogP contribution in [0.1, 0.15) is 21.7 Å². The van der Waals surface area contributed by atoms with Gasteiger partial charge in [-0.2, -0.15) is 23.3 Å². The van der Waals surface area contributed by atoms with Gasteiger partial charge < -0.3 is 20.5 Å². The number of methoxy groups -OCH3 is 2. The molecule has 37 heavy (non-hydrogen) atoms. The monoisotopic (exact) mass is 533 g/mol. The maximum Gasteiger partial charge on any atom is 0.435 e. The predicted molar refractivity (Wildman–Crippen MR) is 129 cm³/mol. The molecule has 0 bridgehead atoms. The largest absolute Gasteiger partial charge is 0.480 e. The van der Waals surface area contributed by atoms with E-state index in [1.54, 1.807) is 18.2 Å². The number of nitrogen functional groups attached to an aromatic ring is 1. The Balaban J connectivity index is 1.90. The van der Waals surface area contributed by atoms with Crippen LogP contribution in [0.15, 0.2) is 42.7 Å². The number of hydrogen-bond acceptors (Lipinski definition) is 9. The lowest BCUT2D eigenvalue weighted by Gasteiger charge is -2.14. The van der Waals surface area contributed by atoms with Gasteiger partial charge in [-0.25, -0.2) is 19.4 Å². The first kappa shape index (κ1) is 25.7. The van der Waals surface area contributed by atoms with E-state index in [4.69, 9.17) is 26.8 Å². The third-order valence-electron chi connectivity index (χ3n) is 5.08. The molecule has 0 aliphatic heterocycles. The van der Waals surface area contributed by atoms with Gasteiger partial charge >= 0.3 is 12.1 Å². The second-order valence-electron chi connectivity index (χ2n) is 7.68. The number of carbonyl (C=O) groups excluding carboxylic acids is 1. The van der Waals surface area contributed by atoms with Crippen LogP contribution in [-0.2, 0) is 10.9 Å². The summed E-state index contributed by atoms with van der Waals surface area (Å²) in [5.41, 5.74) is 6.25. The second-order valence-corrected chi connectivity index (χ2v) is 8.12. The fourth-order valence-electron chi connectivity index (χ4n) is 3.46. The maximum atomic E-state index is 13.4. The summed E-state index contributed by atoms with van der Waals surface area (Å²) in [6.45, 7) is 1.45. The number of carbonyl (C=O) groups is 1. The van der Waals surface area contributed by atoms with Gasteiger partial charge in [0, 0.05) is 45.6 Å². The molecule has 0 saturated carbocycles. The second kappa shape index (κ2) is 9.93. The fraction of sp³-hybridized carbons (Fsp3) is 0.174. The van der Waals surface area contributed by atoms with Crippen molar-refractivity contribution in [2.75, 3.05) is 25.3 Å². The molecule has 0 unspecified atom stereocenters. The summed E-state index contributed by atoms with van der Waals surface area (Å²) in [5, 5.41) is 7.00. The summed E-state index contributed by atoms with van der Waals surface area (Å²) in [6.07, 6.45) is -1.96. The molecule has 0 aliphatic carbocycles. The molecule has 0 saturated heterocycles. The number of hydrogen-bond donors (Lipinski definition) is 2. The Morgan fingerprint density at radius 1 is 1.11 bits per heavy atom. The van der Waals surface area contributed by atoms with Crippen molar-refractivity contribution >= 4 is 34.9 Å². The third kappa shape index (κ3) is 5.40. The minimum atomic E-state index is -4.68. The van der Waals surface area contributed by atoms with Crippen molar-refractivity contribution in [2.45, 2.75) is 13.1 Å². The van der Waals surface area contributed by atoms with Gasteiger partial charge in [-0.15, -0.1) is 0 Å². The molecule has 1 aromatic carbocycles. The number of alkyl halides is 3. The number of benzene rings is 1. The molecule has 3 aromatic heterocycles.